The van der Waals surface area contributed by atoms with E-state index >= 15 is 0 Å². The second kappa shape index (κ2) is 5.48. The number of hydrogen-bond donors (Lipinski definition) is 3. The lowest BCUT2D eigenvalue weighted by Gasteiger charge is -2.04. The van der Waals surface area contributed by atoms with E-state index in [1.165, 1.54) is 4.57 Å². The SMILES string of the molecule is CNC(=O)c1ccc2c(-c3cc4ccccc4n3C(=O)O)n[nH]c2c1. The van der Waals surface area contributed by atoms with Crippen LogP contribution in [0.5, 0.6) is 0 Å². The number of H-pyrrole nitrogens is 1. The van der Waals surface area contributed by atoms with Crippen molar-refractivity contribution >= 4 is 33.8 Å². The zero-order valence-corrected chi connectivity index (χ0v) is 13.3. The van der Waals surface area contributed by atoms with Crippen molar-refractivity contribution in [3.63, 3.8) is 0 Å². The Morgan fingerprint density at radius 2 is 1.96 bits per heavy atom. The molecule has 7 heteroatoms. The van der Waals surface area contributed by atoms with Gasteiger partial charge in [-0.05, 0) is 30.3 Å². The average molecular weight is 334 g/mol. The predicted molar refractivity (Wildman–Crippen MR) is 93.8 cm³/mol. The zero-order valence-electron chi connectivity index (χ0n) is 13.3. The maximum Gasteiger partial charge on any atom is 0.416 e. The van der Waals surface area contributed by atoms with Crippen LogP contribution < -0.4 is 5.32 Å². The molecule has 25 heavy (non-hydrogen) atoms. The molecule has 0 saturated carbocycles. The fourth-order valence-electron chi connectivity index (χ4n) is 3.04. The number of benzene rings is 2. The van der Waals surface area contributed by atoms with Crippen LogP contribution in [0.2, 0.25) is 0 Å². The van der Waals surface area contributed by atoms with Crippen molar-refractivity contribution in [3.05, 3.63) is 54.1 Å². The fraction of sp³-hybridized carbons (Fsp3) is 0.0556. The summed E-state index contributed by atoms with van der Waals surface area (Å²) in [5.41, 5.74) is 2.77. The summed E-state index contributed by atoms with van der Waals surface area (Å²) in [4.78, 5) is 23.5. The van der Waals surface area contributed by atoms with E-state index in [4.69, 9.17) is 0 Å². The number of amides is 1. The Bertz CT molecular complexity index is 1140. The quantitative estimate of drug-likeness (QED) is 0.524. The van der Waals surface area contributed by atoms with Gasteiger partial charge in [0.15, 0.2) is 0 Å². The van der Waals surface area contributed by atoms with Crippen LogP contribution in [0.4, 0.5) is 4.79 Å². The molecule has 0 aliphatic carbocycles. The molecular formula is C18H14N4O3. The van der Waals surface area contributed by atoms with Gasteiger partial charge in [-0.1, -0.05) is 18.2 Å². The molecule has 0 atom stereocenters. The number of carbonyl (C=O) groups excluding carboxylic acids is 1. The predicted octanol–water partition coefficient (Wildman–Crippen LogP) is 3.07. The molecule has 3 N–H and O–H groups in total. The molecule has 0 fully saturated rings. The smallest absolute Gasteiger partial charge is 0.416 e. The lowest BCUT2D eigenvalue weighted by Crippen LogP contribution is -2.17. The average Bonchev–Trinajstić information content (AvgIpc) is 3.21. The van der Waals surface area contributed by atoms with Gasteiger partial charge in [0.1, 0.15) is 5.69 Å². The molecule has 2 aromatic carbocycles. The number of fused-ring (bicyclic) bond motifs is 2. The van der Waals surface area contributed by atoms with Crippen LogP contribution in [-0.4, -0.2) is 38.9 Å². The number of carboxylic acid groups (broad SMARTS) is 1. The number of para-hydroxylation sites is 1. The fourth-order valence-corrected chi connectivity index (χ4v) is 3.04. The van der Waals surface area contributed by atoms with E-state index < -0.39 is 6.09 Å². The number of nitrogens with one attached hydrogen (secondary N) is 2. The minimum Gasteiger partial charge on any atom is -0.464 e. The normalized spacial score (nSPS) is 11.1. The van der Waals surface area contributed by atoms with Crippen LogP contribution in [0, 0.1) is 0 Å². The third-order valence-electron chi connectivity index (χ3n) is 4.20. The van der Waals surface area contributed by atoms with Gasteiger partial charge in [-0.2, -0.15) is 5.10 Å². The topological polar surface area (TPSA) is 100 Å². The Hall–Kier alpha value is -3.61. The van der Waals surface area contributed by atoms with Gasteiger partial charge in [0.2, 0.25) is 0 Å². The number of aromatic nitrogens is 3. The van der Waals surface area contributed by atoms with Gasteiger partial charge < -0.3 is 10.4 Å². The number of aromatic amines is 1. The van der Waals surface area contributed by atoms with Crippen molar-refractivity contribution in [2.24, 2.45) is 0 Å². The summed E-state index contributed by atoms with van der Waals surface area (Å²) in [6.07, 6.45) is -1.07. The van der Waals surface area contributed by atoms with E-state index in [1.54, 1.807) is 43.4 Å². The van der Waals surface area contributed by atoms with Crippen molar-refractivity contribution in [1.29, 1.82) is 0 Å². The molecule has 4 aromatic rings. The van der Waals surface area contributed by atoms with E-state index in [9.17, 15) is 14.7 Å². The number of hydrogen-bond acceptors (Lipinski definition) is 3. The maximum absolute atomic E-state index is 11.8. The molecule has 124 valence electrons. The first-order valence-electron chi connectivity index (χ1n) is 7.64. The Balaban J connectivity index is 1.96. The standard InChI is InChI=1S/C18H14N4O3/c1-19-17(23)11-6-7-12-13(8-11)20-21-16(12)15-9-10-4-2-3-5-14(10)22(15)18(24)25/h2-9H,1H3,(H,19,23)(H,20,21)(H,24,25). The third kappa shape index (κ3) is 2.25. The van der Waals surface area contributed by atoms with Crippen LogP contribution in [0.1, 0.15) is 10.4 Å². The molecule has 7 nitrogen and oxygen atoms in total. The summed E-state index contributed by atoms with van der Waals surface area (Å²) in [5.74, 6) is -0.197. The molecule has 2 aromatic heterocycles. The van der Waals surface area contributed by atoms with Gasteiger partial charge in [0.05, 0.1) is 16.7 Å². The van der Waals surface area contributed by atoms with Crippen LogP contribution in [0.25, 0.3) is 33.2 Å². The van der Waals surface area contributed by atoms with Gasteiger partial charge >= 0.3 is 6.09 Å². The minimum absolute atomic E-state index is 0.197. The lowest BCUT2D eigenvalue weighted by molar-refractivity contribution is 0.0963. The van der Waals surface area contributed by atoms with E-state index in [-0.39, 0.29) is 5.91 Å². The second-order valence-electron chi connectivity index (χ2n) is 5.62. The maximum atomic E-state index is 11.8. The molecule has 0 radical (unpaired) electrons. The Labute approximate surface area is 141 Å². The van der Waals surface area contributed by atoms with E-state index in [2.05, 4.69) is 15.5 Å². The summed E-state index contributed by atoms with van der Waals surface area (Å²) in [6.45, 7) is 0. The van der Waals surface area contributed by atoms with Crippen LogP contribution in [-0.2, 0) is 0 Å². The van der Waals surface area contributed by atoms with Crippen molar-refractivity contribution in [2.45, 2.75) is 0 Å². The van der Waals surface area contributed by atoms with E-state index in [0.29, 0.717) is 28.0 Å². The molecule has 0 aliphatic heterocycles. The summed E-state index contributed by atoms with van der Waals surface area (Å²) >= 11 is 0. The number of nitrogens with zero attached hydrogens (tertiary/aromatic N) is 2. The lowest BCUT2D eigenvalue weighted by atomic mass is 10.1. The first kappa shape index (κ1) is 14.9. The summed E-state index contributed by atoms with van der Waals surface area (Å²) in [7, 11) is 1.57. The van der Waals surface area contributed by atoms with Crippen LogP contribution in [0.15, 0.2) is 48.5 Å². The van der Waals surface area contributed by atoms with Gasteiger partial charge in [-0.25, -0.2) is 9.36 Å². The molecule has 4 rings (SSSR count). The number of rotatable bonds is 2. The van der Waals surface area contributed by atoms with Gasteiger partial charge in [-0.15, -0.1) is 0 Å². The third-order valence-corrected chi connectivity index (χ3v) is 4.20. The summed E-state index contributed by atoms with van der Waals surface area (Å²) in [5, 5.41) is 21.0. The second-order valence-corrected chi connectivity index (χ2v) is 5.62. The van der Waals surface area contributed by atoms with E-state index in [0.717, 1.165) is 10.8 Å². The molecular weight excluding hydrogens is 320 g/mol. The molecule has 0 aliphatic rings. The highest BCUT2D eigenvalue weighted by Gasteiger charge is 2.19. The van der Waals surface area contributed by atoms with Gasteiger partial charge in [-0.3, -0.25) is 9.89 Å². The Kier molecular flexibility index (Phi) is 3.28. The van der Waals surface area contributed by atoms with Crippen molar-refractivity contribution in [3.8, 4) is 11.4 Å². The van der Waals surface area contributed by atoms with Crippen LogP contribution in [0.3, 0.4) is 0 Å². The Morgan fingerprint density at radius 1 is 1.16 bits per heavy atom. The molecule has 2 heterocycles. The van der Waals surface area contributed by atoms with E-state index in [1.807, 2.05) is 12.1 Å². The highest BCUT2D eigenvalue weighted by molar-refractivity contribution is 6.03. The first-order valence-corrected chi connectivity index (χ1v) is 7.64. The first-order chi connectivity index (χ1) is 12.1. The highest BCUT2D eigenvalue weighted by Crippen LogP contribution is 2.31. The monoisotopic (exact) mass is 334 g/mol. The zero-order chi connectivity index (χ0) is 17.6. The molecule has 0 spiro atoms. The molecule has 0 unspecified atom stereocenters. The molecule has 0 saturated heterocycles. The molecule has 0 bridgehead atoms. The van der Waals surface area contributed by atoms with Crippen molar-refractivity contribution < 1.29 is 14.7 Å². The Morgan fingerprint density at radius 3 is 2.72 bits per heavy atom. The highest BCUT2D eigenvalue weighted by atomic mass is 16.4. The van der Waals surface area contributed by atoms with Crippen molar-refractivity contribution in [2.75, 3.05) is 7.05 Å². The molecule has 1 amide bonds. The van der Waals surface area contributed by atoms with Gasteiger partial charge in [0.25, 0.3) is 5.91 Å². The van der Waals surface area contributed by atoms with Gasteiger partial charge in [0, 0.05) is 23.4 Å². The number of carbonyl (C=O) groups is 2. The minimum atomic E-state index is -1.07. The summed E-state index contributed by atoms with van der Waals surface area (Å²) < 4.78 is 1.22. The summed E-state index contributed by atoms with van der Waals surface area (Å²) in [6, 6.07) is 14.2. The van der Waals surface area contributed by atoms with Crippen molar-refractivity contribution in [1.82, 2.24) is 20.1 Å². The largest absolute Gasteiger partial charge is 0.464 e. The van der Waals surface area contributed by atoms with Crippen LogP contribution >= 0.6 is 0 Å².